The third kappa shape index (κ3) is 5.07. The number of hydrogen-bond donors (Lipinski definition) is 1. The summed E-state index contributed by atoms with van der Waals surface area (Å²) in [4.78, 5) is 18.1. The van der Waals surface area contributed by atoms with Crippen LogP contribution in [0.1, 0.15) is 90.4 Å². The number of benzene rings is 2. The van der Waals surface area contributed by atoms with E-state index in [1.54, 1.807) is 0 Å². The molecular formula is C29H31F4N3O2. The second kappa shape index (κ2) is 10.2. The van der Waals surface area contributed by atoms with E-state index in [1.165, 1.54) is 12.1 Å². The maximum absolute atomic E-state index is 15.8. The molecule has 0 radical (unpaired) electrons. The number of Topliss-reactive ketones (excluding diaryl/α,β-unsaturated/α-hetero) is 1. The van der Waals surface area contributed by atoms with Gasteiger partial charge in [-0.15, -0.1) is 5.10 Å². The highest BCUT2D eigenvalue weighted by Crippen LogP contribution is 2.46. The minimum absolute atomic E-state index is 0.0390. The van der Waals surface area contributed by atoms with Crippen LogP contribution in [0.5, 0.6) is 6.01 Å². The molecule has 9 heteroatoms. The third-order valence-electron chi connectivity index (χ3n) is 8.08. The maximum atomic E-state index is 15.8. The molecule has 0 spiro atoms. The number of carbonyl (C=O) groups excluding carboxylic acids is 1. The van der Waals surface area contributed by atoms with Gasteiger partial charge in [-0.2, -0.15) is 18.2 Å². The maximum Gasteiger partial charge on any atom is 0.416 e. The van der Waals surface area contributed by atoms with Crippen LogP contribution in [0.4, 0.5) is 17.6 Å². The van der Waals surface area contributed by atoms with E-state index in [-0.39, 0.29) is 36.1 Å². The van der Waals surface area contributed by atoms with E-state index in [4.69, 9.17) is 4.74 Å². The first-order chi connectivity index (χ1) is 18.1. The fourth-order valence-corrected chi connectivity index (χ4v) is 5.62. The summed E-state index contributed by atoms with van der Waals surface area (Å²) in [5, 5.41) is 7.07. The van der Waals surface area contributed by atoms with Gasteiger partial charge in [0, 0.05) is 17.0 Å². The van der Waals surface area contributed by atoms with Gasteiger partial charge in [0.2, 0.25) is 0 Å². The Morgan fingerprint density at radius 1 is 1.11 bits per heavy atom. The number of ketones is 1. The highest BCUT2D eigenvalue weighted by Gasteiger charge is 2.40. The van der Waals surface area contributed by atoms with Crippen LogP contribution in [0.15, 0.2) is 36.4 Å². The number of aryl methyl sites for hydroxylation is 1. The second-order valence-electron chi connectivity index (χ2n) is 10.5. The molecule has 0 amide bonds. The molecule has 1 N–H and O–H groups in total. The number of aromatic nitrogens is 3. The lowest BCUT2D eigenvalue weighted by atomic mass is 9.73. The van der Waals surface area contributed by atoms with E-state index in [9.17, 15) is 18.0 Å². The van der Waals surface area contributed by atoms with Crippen molar-refractivity contribution >= 4 is 5.78 Å². The number of nitrogens with one attached hydrogen (secondary N) is 1. The summed E-state index contributed by atoms with van der Waals surface area (Å²) in [5.74, 6) is 0.559. The predicted octanol–water partition coefficient (Wildman–Crippen LogP) is 7.70. The number of alkyl halides is 4. The molecule has 0 bridgehead atoms. The van der Waals surface area contributed by atoms with Gasteiger partial charge in [0.25, 0.3) is 0 Å². The Kier molecular flexibility index (Phi) is 7.05. The Hall–Kier alpha value is -3.23. The molecule has 202 valence electrons. The zero-order valence-electron chi connectivity index (χ0n) is 21.5. The van der Waals surface area contributed by atoms with Crippen molar-refractivity contribution in [2.45, 2.75) is 76.6 Å². The van der Waals surface area contributed by atoms with Crippen LogP contribution in [-0.2, 0) is 11.8 Å². The number of halogens is 4. The quantitative estimate of drug-likeness (QED) is 0.252. The third-order valence-corrected chi connectivity index (χ3v) is 8.08. The summed E-state index contributed by atoms with van der Waals surface area (Å²) in [6, 6.07) is 8.48. The molecule has 2 saturated carbocycles. The highest BCUT2D eigenvalue weighted by molar-refractivity contribution is 6.00. The Morgan fingerprint density at radius 2 is 1.79 bits per heavy atom. The minimum atomic E-state index is -4.46. The molecule has 5 nitrogen and oxygen atoms in total. The standard InChI is InChI=1S/C29H31F4N3O2/c1-3-38-27-34-26(35-36-27)24-16-22(17(2)15-23(24)18-5-4-6-18)25(37)19-11-13-28(30,14-12-19)20-7-9-21(10-8-20)29(31,32)33/h7-10,15-16,18-19H,3-6,11-14H2,1-2H3,(H,34,35,36). The molecule has 1 aromatic heterocycles. The number of carbonyl (C=O) groups is 1. The van der Waals surface area contributed by atoms with Crippen molar-refractivity contribution in [3.05, 3.63) is 64.2 Å². The summed E-state index contributed by atoms with van der Waals surface area (Å²) in [5.41, 5.74) is 1.12. The molecule has 2 fully saturated rings. The number of hydrogen-bond acceptors (Lipinski definition) is 4. The van der Waals surface area contributed by atoms with Crippen molar-refractivity contribution in [1.29, 1.82) is 0 Å². The first-order valence-corrected chi connectivity index (χ1v) is 13.2. The van der Waals surface area contributed by atoms with Crippen molar-refractivity contribution < 1.29 is 27.1 Å². The van der Waals surface area contributed by atoms with Gasteiger partial charge in [-0.05, 0) is 93.2 Å². The lowest BCUT2D eigenvalue weighted by Crippen LogP contribution is -2.31. The van der Waals surface area contributed by atoms with Crippen LogP contribution in [0.25, 0.3) is 11.4 Å². The SMILES string of the molecule is CCOc1n[nH]c(-c2cc(C(=O)C3CCC(F)(c4ccc(C(F)(F)F)cc4)CC3)c(C)cc2C2CCC2)n1. The molecule has 1 heterocycles. The van der Waals surface area contributed by atoms with E-state index < -0.39 is 17.4 Å². The Morgan fingerprint density at radius 3 is 2.37 bits per heavy atom. The van der Waals surface area contributed by atoms with Gasteiger partial charge < -0.3 is 4.74 Å². The Balaban J connectivity index is 1.36. The first kappa shape index (κ1) is 26.4. The van der Waals surface area contributed by atoms with Crippen molar-refractivity contribution in [3.63, 3.8) is 0 Å². The zero-order chi connectivity index (χ0) is 27.1. The molecule has 3 aromatic rings. The van der Waals surface area contributed by atoms with Crippen LogP contribution in [-0.4, -0.2) is 27.6 Å². The molecule has 0 atom stereocenters. The Labute approximate surface area is 219 Å². The lowest BCUT2D eigenvalue weighted by Gasteiger charge is -2.34. The average molecular weight is 530 g/mol. The van der Waals surface area contributed by atoms with Gasteiger partial charge >= 0.3 is 12.2 Å². The minimum Gasteiger partial charge on any atom is -0.463 e. The van der Waals surface area contributed by atoms with Crippen LogP contribution in [0, 0.1) is 12.8 Å². The summed E-state index contributed by atoms with van der Waals surface area (Å²) >= 11 is 0. The molecule has 0 unspecified atom stereocenters. The molecule has 2 aliphatic rings. The van der Waals surface area contributed by atoms with Crippen molar-refractivity contribution in [2.24, 2.45) is 5.92 Å². The Bertz CT molecular complexity index is 1300. The fraction of sp³-hybridized carbons (Fsp3) is 0.483. The van der Waals surface area contributed by atoms with Crippen molar-refractivity contribution in [3.8, 4) is 17.4 Å². The number of nitrogens with zero attached hydrogens (tertiary/aromatic N) is 2. The van der Waals surface area contributed by atoms with Gasteiger partial charge in [0.05, 0.1) is 12.2 Å². The number of rotatable bonds is 7. The summed E-state index contributed by atoms with van der Waals surface area (Å²) in [7, 11) is 0. The summed E-state index contributed by atoms with van der Waals surface area (Å²) in [6.45, 7) is 4.22. The summed E-state index contributed by atoms with van der Waals surface area (Å²) < 4.78 is 59.9. The van der Waals surface area contributed by atoms with Crippen LogP contribution in [0.3, 0.4) is 0 Å². The van der Waals surface area contributed by atoms with Crippen LogP contribution >= 0.6 is 0 Å². The average Bonchev–Trinajstić information content (AvgIpc) is 3.31. The monoisotopic (exact) mass is 529 g/mol. The smallest absolute Gasteiger partial charge is 0.416 e. The molecule has 5 rings (SSSR count). The van der Waals surface area contributed by atoms with Gasteiger partial charge in [-0.3, -0.25) is 9.89 Å². The van der Waals surface area contributed by atoms with E-state index in [1.807, 2.05) is 19.9 Å². The molecule has 0 aliphatic heterocycles. The van der Waals surface area contributed by atoms with Gasteiger partial charge in [-0.1, -0.05) is 24.6 Å². The first-order valence-electron chi connectivity index (χ1n) is 13.2. The number of aromatic amines is 1. The van der Waals surface area contributed by atoms with Crippen molar-refractivity contribution in [2.75, 3.05) is 6.61 Å². The lowest BCUT2D eigenvalue weighted by molar-refractivity contribution is -0.137. The predicted molar refractivity (Wildman–Crippen MR) is 135 cm³/mol. The zero-order valence-corrected chi connectivity index (χ0v) is 21.5. The highest BCUT2D eigenvalue weighted by atomic mass is 19.4. The molecule has 2 aliphatic carbocycles. The number of ether oxygens (including phenoxy) is 1. The van der Waals surface area contributed by atoms with Gasteiger partial charge in [0.1, 0.15) is 5.67 Å². The normalized spacial score (nSPS) is 22.2. The van der Waals surface area contributed by atoms with Gasteiger partial charge in [-0.25, -0.2) is 4.39 Å². The van der Waals surface area contributed by atoms with E-state index >= 15 is 4.39 Å². The number of H-pyrrole nitrogens is 1. The molecule has 2 aromatic carbocycles. The van der Waals surface area contributed by atoms with E-state index in [2.05, 4.69) is 21.2 Å². The van der Waals surface area contributed by atoms with Gasteiger partial charge in [0.15, 0.2) is 11.6 Å². The molecule has 38 heavy (non-hydrogen) atoms. The van der Waals surface area contributed by atoms with E-state index in [0.717, 1.165) is 48.1 Å². The van der Waals surface area contributed by atoms with Crippen LogP contribution < -0.4 is 4.74 Å². The largest absolute Gasteiger partial charge is 0.463 e. The van der Waals surface area contributed by atoms with E-state index in [0.29, 0.717) is 36.8 Å². The molecule has 0 saturated heterocycles. The molecular weight excluding hydrogens is 498 g/mol. The van der Waals surface area contributed by atoms with Crippen molar-refractivity contribution in [1.82, 2.24) is 15.2 Å². The second-order valence-corrected chi connectivity index (χ2v) is 10.5. The topological polar surface area (TPSA) is 67.9 Å². The summed E-state index contributed by atoms with van der Waals surface area (Å²) in [6.07, 6.45) is -0.321. The fourth-order valence-electron chi connectivity index (χ4n) is 5.62. The van der Waals surface area contributed by atoms with Crippen LogP contribution in [0.2, 0.25) is 0 Å².